The molecule has 1 aromatic carbocycles. The van der Waals surface area contributed by atoms with Crippen molar-refractivity contribution < 1.29 is 9.53 Å². The van der Waals surface area contributed by atoms with Crippen molar-refractivity contribution in [2.45, 2.75) is 19.3 Å². The summed E-state index contributed by atoms with van der Waals surface area (Å²) in [6, 6.07) is 8.49. The number of esters is 1. The lowest BCUT2D eigenvalue weighted by Gasteiger charge is -2.30. The maximum absolute atomic E-state index is 11.3. The van der Waals surface area contributed by atoms with Crippen molar-refractivity contribution in [3.63, 3.8) is 0 Å². The van der Waals surface area contributed by atoms with Crippen molar-refractivity contribution in [1.82, 2.24) is 5.32 Å². The molecule has 0 heterocycles. The largest absolute Gasteiger partial charge is 0.463 e. The lowest BCUT2D eigenvalue weighted by molar-refractivity contribution is -0.138. The van der Waals surface area contributed by atoms with E-state index in [2.05, 4.69) is 36.2 Å². The van der Waals surface area contributed by atoms with Gasteiger partial charge in [-0.2, -0.15) is 0 Å². The van der Waals surface area contributed by atoms with Crippen LogP contribution in [0.25, 0.3) is 0 Å². The zero-order valence-electron chi connectivity index (χ0n) is 10.7. The van der Waals surface area contributed by atoms with Crippen LogP contribution in [0.5, 0.6) is 0 Å². The summed E-state index contributed by atoms with van der Waals surface area (Å²) in [5.41, 5.74) is 3.35. The molecule has 0 aromatic heterocycles. The van der Waals surface area contributed by atoms with Crippen LogP contribution in [0.1, 0.15) is 24.0 Å². The molecule has 1 aliphatic carbocycles. The smallest absolute Gasteiger partial charge is 0.334 e. The summed E-state index contributed by atoms with van der Waals surface area (Å²) in [4.78, 5) is 11.3. The lowest BCUT2D eigenvalue weighted by atomic mass is 9.77. The van der Waals surface area contributed by atoms with Gasteiger partial charge in [-0.05, 0) is 24.5 Å². The minimum atomic E-state index is -0.306. The molecule has 1 N–H and O–H groups in total. The Labute approximate surface area is 108 Å². The van der Waals surface area contributed by atoms with E-state index in [1.807, 2.05) is 0 Å². The van der Waals surface area contributed by atoms with E-state index in [0.29, 0.717) is 24.6 Å². The molecule has 0 bridgehead atoms. The number of ether oxygens (including phenoxy) is 1. The molecule has 0 saturated carbocycles. The lowest BCUT2D eigenvalue weighted by Crippen LogP contribution is -2.31. The van der Waals surface area contributed by atoms with E-state index in [9.17, 15) is 4.79 Å². The molecular weight excluding hydrogens is 226 g/mol. The minimum absolute atomic E-state index is 0.306. The fraction of sp³-hybridized carbons (Fsp3) is 0.400. The normalized spacial score (nSPS) is 16.6. The van der Waals surface area contributed by atoms with Gasteiger partial charge in [-0.3, -0.25) is 0 Å². The second-order valence-corrected chi connectivity index (χ2v) is 4.55. The van der Waals surface area contributed by atoms with Crippen molar-refractivity contribution in [3.8, 4) is 0 Å². The Hall–Kier alpha value is -1.61. The van der Waals surface area contributed by atoms with Crippen molar-refractivity contribution in [2.24, 2.45) is 0 Å². The van der Waals surface area contributed by atoms with Gasteiger partial charge >= 0.3 is 5.97 Å². The summed E-state index contributed by atoms with van der Waals surface area (Å²) >= 11 is 0. The summed E-state index contributed by atoms with van der Waals surface area (Å²) in [6.45, 7) is 7.30. The number of rotatable bonds is 6. The standard InChI is InChI=1S/C15H19NO2/c1-3-18-15(17)11(2)9-16-10-13-8-12-6-4-5-7-14(12)13/h4-7,13,16H,2-3,8-10H2,1H3. The van der Waals surface area contributed by atoms with Crippen LogP contribution in [0.4, 0.5) is 0 Å². The molecule has 3 nitrogen and oxygen atoms in total. The molecule has 0 spiro atoms. The molecule has 2 rings (SSSR count). The first kappa shape index (κ1) is 12.8. The predicted octanol–water partition coefficient (Wildman–Crippen LogP) is 2.04. The van der Waals surface area contributed by atoms with Crippen LogP contribution in [0, 0.1) is 0 Å². The Balaban J connectivity index is 1.72. The van der Waals surface area contributed by atoms with Crippen LogP contribution in [0.2, 0.25) is 0 Å². The molecule has 0 saturated heterocycles. The van der Waals surface area contributed by atoms with Gasteiger partial charge in [0, 0.05) is 24.6 Å². The first-order chi connectivity index (χ1) is 8.72. The minimum Gasteiger partial charge on any atom is -0.463 e. The second-order valence-electron chi connectivity index (χ2n) is 4.55. The first-order valence-corrected chi connectivity index (χ1v) is 6.35. The third-order valence-corrected chi connectivity index (χ3v) is 3.25. The summed E-state index contributed by atoms with van der Waals surface area (Å²) < 4.78 is 4.88. The van der Waals surface area contributed by atoms with Gasteiger partial charge in [0.1, 0.15) is 0 Å². The SMILES string of the molecule is C=C(CNCC1Cc2ccccc21)C(=O)OCC. The van der Waals surface area contributed by atoms with Crippen molar-refractivity contribution in [1.29, 1.82) is 0 Å². The van der Waals surface area contributed by atoms with E-state index in [4.69, 9.17) is 4.74 Å². The van der Waals surface area contributed by atoms with Gasteiger partial charge < -0.3 is 10.1 Å². The summed E-state index contributed by atoms with van der Waals surface area (Å²) in [5.74, 6) is 0.259. The summed E-state index contributed by atoms with van der Waals surface area (Å²) in [7, 11) is 0. The Morgan fingerprint density at radius 1 is 1.50 bits per heavy atom. The van der Waals surface area contributed by atoms with E-state index in [1.165, 1.54) is 11.1 Å². The number of hydrogen-bond acceptors (Lipinski definition) is 3. The molecule has 1 atom stereocenters. The van der Waals surface area contributed by atoms with E-state index in [0.717, 1.165) is 13.0 Å². The zero-order valence-corrected chi connectivity index (χ0v) is 10.7. The number of hydrogen-bond donors (Lipinski definition) is 1. The molecule has 96 valence electrons. The molecule has 0 amide bonds. The summed E-state index contributed by atoms with van der Waals surface area (Å²) in [6.07, 6.45) is 1.12. The quantitative estimate of drug-likeness (QED) is 0.615. The van der Waals surface area contributed by atoms with Gasteiger partial charge in [0.15, 0.2) is 0 Å². The average molecular weight is 245 g/mol. The Kier molecular flexibility index (Phi) is 4.15. The third kappa shape index (κ3) is 2.79. The predicted molar refractivity (Wildman–Crippen MR) is 71.5 cm³/mol. The highest BCUT2D eigenvalue weighted by Crippen LogP contribution is 2.33. The van der Waals surface area contributed by atoms with Crippen LogP contribution in [0.3, 0.4) is 0 Å². The van der Waals surface area contributed by atoms with Gasteiger partial charge in [0.25, 0.3) is 0 Å². The second kappa shape index (κ2) is 5.83. The Bertz CT molecular complexity index is 454. The van der Waals surface area contributed by atoms with Gasteiger partial charge in [-0.1, -0.05) is 30.8 Å². The van der Waals surface area contributed by atoms with E-state index in [-0.39, 0.29) is 5.97 Å². The number of carbonyl (C=O) groups excluding carboxylic acids is 1. The molecule has 18 heavy (non-hydrogen) atoms. The molecule has 0 radical (unpaired) electrons. The topological polar surface area (TPSA) is 38.3 Å². The van der Waals surface area contributed by atoms with E-state index in [1.54, 1.807) is 6.92 Å². The maximum atomic E-state index is 11.3. The summed E-state index contributed by atoms with van der Waals surface area (Å²) in [5, 5.41) is 3.27. The van der Waals surface area contributed by atoms with Crippen LogP contribution in [0.15, 0.2) is 36.4 Å². The number of benzene rings is 1. The molecular formula is C15H19NO2. The van der Waals surface area contributed by atoms with Crippen molar-refractivity contribution in [2.75, 3.05) is 19.7 Å². The first-order valence-electron chi connectivity index (χ1n) is 6.35. The number of carbonyl (C=O) groups is 1. The van der Waals surface area contributed by atoms with Gasteiger partial charge in [-0.25, -0.2) is 4.79 Å². The molecule has 1 aromatic rings. The van der Waals surface area contributed by atoms with Crippen LogP contribution in [-0.2, 0) is 16.0 Å². The Morgan fingerprint density at radius 3 is 3.00 bits per heavy atom. The van der Waals surface area contributed by atoms with Gasteiger partial charge in [0.05, 0.1) is 6.61 Å². The van der Waals surface area contributed by atoms with Gasteiger partial charge in [-0.15, -0.1) is 0 Å². The van der Waals surface area contributed by atoms with Crippen LogP contribution < -0.4 is 5.32 Å². The van der Waals surface area contributed by atoms with E-state index < -0.39 is 0 Å². The molecule has 1 unspecified atom stereocenters. The van der Waals surface area contributed by atoms with E-state index >= 15 is 0 Å². The Morgan fingerprint density at radius 2 is 2.28 bits per heavy atom. The van der Waals surface area contributed by atoms with Crippen LogP contribution >= 0.6 is 0 Å². The third-order valence-electron chi connectivity index (χ3n) is 3.25. The van der Waals surface area contributed by atoms with Crippen molar-refractivity contribution in [3.05, 3.63) is 47.5 Å². The van der Waals surface area contributed by atoms with Gasteiger partial charge in [0.2, 0.25) is 0 Å². The average Bonchev–Trinajstić information content (AvgIpc) is 2.35. The monoisotopic (exact) mass is 245 g/mol. The van der Waals surface area contributed by atoms with Crippen molar-refractivity contribution >= 4 is 5.97 Å². The molecule has 0 aliphatic heterocycles. The zero-order chi connectivity index (χ0) is 13.0. The highest BCUT2D eigenvalue weighted by Gasteiger charge is 2.24. The fourth-order valence-corrected chi connectivity index (χ4v) is 2.25. The molecule has 1 aliphatic rings. The number of nitrogens with one attached hydrogen (secondary N) is 1. The maximum Gasteiger partial charge on any atom is 0.334 e. The highest BCUT2D eigenvalue weighted by molar-refractivity contribution is 5.88. The molecule has 3 heteroatoms. The van der Waals surface area contributed by atoms with Crippen LogP contribution in [-0.4, -0.2) is 25.7 Å². The fourth-order valence-electron chi connectivity index (χ4n) is 2.25. The number of fused-ring (bicyclic) bond motifs is 1. The highest BCUT2D eigenvalue weighted by atomic mass is 16.5. The molecule has 0 fully saturated rings.